The van der Waals surface area contributed by atoms with E-state index >= 15 is 0 Å². The number of methoxy groups -OCH3 is 3. The van der Waals surface area contributed by atoms with E-state index in [0.29, 0.717) is 11.9 Å². The Morgan fingerprint density at radius 1 is 1.00 bits per heavy atom. The number of hydrogen-bond acceptors (Lipinski definition) is 5. The molecule has 0 bridgehead atoms. The van der Waals surface area contributed by atoms with Crippen molar-refractivity contribution >= 4 is 59.7 Å². The number of hydrogen-bond donors (Lipinski definition) is 0. The molecule has 0 radical (unpaired) electrons. The highest BCUT2D eigenvalue weighted by atomic mass is 79.9. The summed E-state index contributed by atoms with van der Waals surface area (Å²) in [6, 6.07) is 0. The van der Waals surface area contributed by atoms with Gasteiger partial charge in [-0.3, -0.25) is 9.59 Å². The summed E-state index contributed by atoms with van der Waals surface area (Å²) in [5.41, 5.74) is 0. The lowest BCUT2D eigenvalue weighted by molar-refractivity contribution is -0.141. The summed E-state index contributed by atoms with van der Waals surface area (Å²) in [6.07, 6.45) is 0. The molecule has 2 atom stereocenters. The molecular formula is C9H15Br3O5. The van der Waals surface area contributed by atoms with Crippen LogP contribution in [-0.2, 0) is 23.8 Å². The Hall–Kier alpha value is 0.340. The van der Waals surface area contributed by atoms with Crippen LogP contribution in [0, 0.1) is 0 Å². The molecule has 5 nitrogen and oxygen atoms in total. The van der Waals surface area contributed by atoms with Crippen LogP contribution in [0.4, 0.5) is 0 Å². The van der Waals surface area contributed by atoms with Crippen LogP contribution in [0.2, 0.25) is 0 Å². The Balaban J connectivity index is 0. The number of alkyl halides is 3. The molecular weight excluding hydrogens is 428 g/mol. The average molecular weight is 443 g/mol. The van der Waals surface area contributed by atoms with Crippen LogP contribution in [0.25, 0.3) is 0 Å². The number of rotatable bonds is 5. The first-order valence-electron chi connectivity index (χ1n) is 4.43. The summed E-state index contributed by atoms with van der Waals surface area (Å²) in [4.78, 5) is 20.4. The molecule has 0 spiro atoms. The highest BCUT2D eigenvalue weighted by Crippen LogP contribution is 2.04. The minimum atomic E-state index is -0.340. The molecule has 0 rings (SSSR count). The van der Waals surface area contributed by atoms with E-state index in [4.69, 9.17) is 0 Å². The Morgan fingerprint density at radius 2 is 1.41 bits per heavy atom. The van der Waals surface area contributed by atoms with Crippen molar-refractivity contribution in [3.63, 3.8) is 0 Å². The molecule has 0 fully saturated rings. The van der Waals surface area contributed by atoms with Gasteiger partial charge in [0.15, 0.2) is 0 Å². The number of carbonyl (C=O) groups excluding carboxylic acids is 2. The van der Waals surface area contributed by atoms with Crippen molar-refractivity contribution in [2.24, 2.45) is 0 Å². The maximum atomic E-state index is 10.6. The van der Waals surface area contributed by atoms with Gasteiger partial charge in [-0.2, -0.15) is 0 Å². The molecule has 0 saturated carbocycles. The van der Waals surface area contributed by atoms with E-state index < -0.39 is 0 Å². The molecule has 0 aliphatic carbocycles. The maximum Gasteiger partial charge on any atom is 0.321 e. The van der Waals surface area contributed by atoms with Gasteiger partial charge in [0.25, 0.3) is 0 Å². The second-order valence-electron chi connectivity index (χ2n) is 2.59. The van der Waals surface area contributed by atoms with Crippen molar-refractivity contribution in [3.05, 3.63) is 0 Å². The Kier molecular flexibility index (Phi) is 14.8. The Labute approximate surface area is 126 Å². The zero-order valence-electron chi connectivity index (χ0n) is 9.74. The fourth-order valence-corrected chi connectivity index (χ4v) is 1.44. The summed E-state index contributed by atoms with van der Waals surface area (Å²) in [5.74, 6) is -0.557. The molecule has 0 aromatic carbocycles. The van der Waals surface area contributed by atoms with Crippen LogP contribution < -0.4 is 0 Å². The molecule has 0 amide bonds. The minimum absolute atomic E-state index is 0.215. The highest BCUT2D eigenvalue weighted by Gasteiger charge is 2.13. The lowest BCUT2D eigenvalue weighted by Gasteiger charge is -2.03. The quantitative estimate of drug-likeness (QED) is 0.480. The second-order valence-corrected chi connectivity index (χ2v) is 5.45. The lowest BCUT2D eigenvalue weighted by atomic mass is 10.5. The summed E-state index contributed by atoms with van der Waals surface area (Å²) in [5, 5.41) is 0.583. The van der Waals surface area contributed by atoms with Crippen LogP contribution in [0.1, 0.15) is 0 Å². The summed E-state index contributed by atoms with van der Waals surface area (Å²) >= 11 is 9.25. The van der Waals surface area contributed by atoms with Crippen LogP contribution in [0.15, 0.2) is 0 Å². The molecule has 8 heteroatoms. The van der Waals surface area contributed by atoms with Gasteiger partial charge >= 0.3 is 11.9 Å². The molecule has 0 heterocycles. The zero-order valence-corrected chi connectivity index (χ0v) is 14.5. The normalized spacial score (nSPS) is 12.8. The van der Waals surface area contributed by atoms with Gasteiger partial charge in [0.2, 0.25) is 0 Å². The Morgan fingerprint density at radius 3 is 1.65 bits per heavy atom. The van der Waals surface area contributed by atoms with Crippen LogP contribution in [-0.4, -0.2) is 54.9 Å². The molecule has 0 aromatic rings. The average Bonchev–Trinajstić information content (AvgIpc) is 2.36. The van der Waals surface area contributed by atoms with Gasteiger partial charge in [-0.25, -0.2) is 0 Å². The van der Waals surface area contributed by atoms with Crippen LogP contribution in [0.5, 0.6) is 0 Å². The standard InChI is InChI=1S/C5H9BrO3.C4H6Br2O2/c1-8-3-4(6)5(7)9-2;1-8-4(7)3(6)2-5/h4H,3H2,1-2H3;3H,2H2,1H3. The van der Waals surface area contributed by atoms with Crippen molar-refractivity contribution < 1.29 is 23.8 Å². The first kappa shape index (κ1) is 19.7. The van der Waals surface area contributed by atoms with E-state index in [0.717, 1.165) is 0 Å². The number of ether oxygens (including phenoxy) is 3. The minimum Gasteiger partial charge on any atom is -0.468 e. The van der Waals surface area contributed by atoms with Crippen molar-refractivity contribution in [2.45, 2.75) is 9.65 Å². The third kappa shape index (κ3) is 11.2. The van der Waals surface area contributed by atoms with Gasteiger partial charge < -0.3 is 14.2 Å². The van der Waals surface area contributed by atoms with Crippen LogP contribution >= 0.6 is 47.8 Å². The fraction of sp³-hybridized carbons (Fsp3) is 0.778. The summed E-state index contributed by atoms with van der Waals surface area (Å²) < 4.78 is 13.5. The van der Waals surface area contributed by atoms with E-state index in [1.807, 2.05) is 0 Å². The van der Waals surface area contributed by atoms with E-state index in [-0.39, 0.29) is 21.6 Å². The number of esters is 2. The Bertz CT molecular complexity index is 225. The van der Waals surface area contributed by atoms with Gasteiger partial charge in [-0.15, -0.1) is 0 Å². The van der Waals surface area contributed by atoms with E-state index in [9.17, 15) is 9.59 Å². The van der Waals surface area contributed by atoms with Gasteiger partial charge in [-0.05, 0) is 0 Å². The lowest BCUT2D eigenvalue weighted by Crippen LogP contribution is -2.20. The van der Waals surface area contributed by atoms with Crippen molar-refractivity contribution in [1.29, 1.82) is 0 Å². The molecule has 0 aliphatic rings. The van der Waals surface area contributed by atoms with Gasteiger partial charge in [0, 0.05) is 12.4 Å². The van der Waals surface area contributed by atoms with Gasteiger partial charge in [0.1, 0.15) is 9.65 Å². The van der Waals surface area contributed by atoms with Gasteiger partial charge in [-0.1, -0.05) is 47.8 Å². The largest absolute Gasteiger partial charge is 0.468 e. The topological polar surface area (TPSA) is 61.8 Å². The third-order valence-corrected chi connectivity index (χ3v) is 4.21. The smallest absolute Gasteiger partial charge is 0.321 e. The molecule has 0 aromatic heterocycles. The molecule has 0 N–H and O–H groups in total. The molecule has 0 saturated heterocycles. The van der Waals surface area contributed by atoms with Crippen molar-refractivity contribution in [3.8, 4) is 0 Å². The highest BCUT2D eigenvalue weighted by molar-refractivity contribution is 9.12. The molecule has 2 unspecified atom stereocenters. The predicted octanol–water partition coefficient (Wildman–Crippen LogP) is 1.89. The predicted molar refractivity (Wildman–Crippen MR) is 75.1 cm³/mol. The molecule has 0 aliphatic heterocycles. The van der Waals surface area contributed by atoms with E-state index in [2.05, 4.69) is 62.0 Å². The monoisotopic (exact) mass is 440 g/mol. The van der Waals surface area contributed by atoms with Crippen molar-refractivity contribution in [2.75, 3.05) is 33.3 Å². The first-order chi connectivity index (χ1) is 7.94. The SMILES string of the molecule is COC(=O)C(Br)CBr.COCC(Br)C(=O)OC. The van der Waals surface area contributed by atoms with E-state index in [1.165, 1.54) is 21.3 Å². The van der Waals surface area contributed by atoms with Crippen LogP contribution in [0.3, 0.4) is 0 Å². The fourth-order valence-electron chi connectivity index (χ4n) is 0.533. The number of carbonyl (C=O) groups is 2. The van der Waals surface area contributed by atoms with Gasteiger partial charge in [0.05, 0.1) is 20.8 Å². The van der Waals surface area contributed by atoms with E-state index in [1.54, 1.807) is 0 Å². The third-order valence-electron chi connectivity index (χ3n) is 1.36. The first-order valence-corrected chi connectivity index (χ1v) is 7.38. The maximum absolute atomic E-state index is 10.6. The van der Waals surface area contributed by atoms with Crippen molar-refractivity contribution in [1.82, 2.24) is 0 Å². The molecule has 102 valence electrons. The summed E-state index contributed by atoms with van der Waals surface area (Å²) in [7, 11) is 4.22. The number of halogens is 3. The zero-order chi connectivity index (χ0) is 13.8. The molecule has 17 heavy (non-hydrogen) atoms. The summed E-state index contributed by atoms with van der Waals surface area (Å²) in [6.45, 7) is 0.340. The second kappa shape index (κ2) is 12.8.